The number of benzene rings is 2. The van der Waals surface area contributed by atoms with Crippen LogP contribution in [0.5, 0.6) is 17.2 Å². The van der Waals surface area contributed by atoms with Crippen LogP contribution in [0.4, 0.5) is 0 Å². The first-order valence-corrected chi connectivity index (χ1v) is 11.7. The van der Waals surface area contributed by atoms with Gasteiger partial charge in [-0.1, -0.05) is 24.8 Å². The summed E-state index contributed by atoms with van der Waals surface area (Å²) in [6, 6.07) is 12.1. The number of ether oxygens (including phenoxy) is 3. The van der Waals surface area contributed by atoms with Gasteiger partial charge in [0.05, 0.1) is 24.7 Å². The monoisotopic (exact) mass is 486 g/mol. The number of hydrogen-bond donors (Lipinski definition) is 1. The predicted molar refractivity (Wildman–Crippen MR) is 133 cm³/mol. The van der Waals surface area contributed by atoms with Crippen LogP contribution in [-0.4, -0.2) is 41.0 Å². The second-order valence-corrected chi connectivity index (χ2v) is 8.84. The Morgan fingerprint density at radius 2 is 1.91 bits per heavy atom. The van der Waals surface area contributed by atoms with E-state index in [2.05, 4.69) is 12.3 Å². The summed E-state index contributed by atoms with van der Waals surface area (Å²) in [5.41, 5.74) is 3.72. The zero-order valence-corrected chi connectivity index (χ0v) is 20.5. The second kappa shape index (κ2) is 11.2. The molecular weight excluding hydrogens is 460 g/mol. The Morgan fingerprint density at radius 1 is 1.18 bits per heavy atom. The van der Waals surface area contributed by atoms with Gasteiger partial charge in [0, 0.05) is 5.56 Å². The van der Waals surface area contributed by atoms with Crippen molar-refractivity contribution < 1.29 is 23.8 Å². The van der Waals surface area contributed by atoms with Gasteiger partial charge in [0.25, 0.3) is 11.8 Å². The number of nitrogens with zero attached hydrogens (tertiary/aromatic N) is 1. The Hall–Kier alpha value is -3.04. The highest BCUT2D eigenvalue weighted by atomic mass is 32.2. The summed E-state index contributed by atoms with van der Waals surface area (Å²) < 4.78 is 17.0. The zero-order valence-electron chi connectivity index (χ0n) is 18.9. The summed E-state index contributed by atoms with van der Waals surface area (Å²) in [5.74, 6) is 1.05. The Morgan fingerprint density at radius 3 is 2.55 bits per heavy atom. The highest BCUT2D eigenvalue weighted by molar-refractivity contribution is 8.26. The van der Waals surface area contributed by atoms with Gasteiger partial charge in [0.15, 0.2) is 15.8 Å². The van der Waals surface area contributed by atoms with Crippen LogP contribution in [0.15, 0.2) is 47.4 Å². The number of methoxy groups -OCH3 is 1. The van der Waals surface area contributed by atoms with Gasteiger partial charge in [-0.15, -0.1) is 0 Å². The molecular formula is C24H26N2O5S2. The number of rotatable bonds is 9. The summed E-state index contributed by atoms with van der Waals surface area (Å²) in [6.45, 7) is 6.43. The summed E-state index contributed by atoms with van der Waals surface area (Å²) >= 11 is 6.44. The van der Waals surface area contributed by atoms with Crippen LogP contribution in [0, 0.1) is 0 Å². The van der Waals surface area contributed by atoms with Gasteiger partial charge < -0.3 is 14.2 Å². The number of carbonyl (C=O) groups excluding carboxylic acids is 2. The fraction of sp³-hybridized carbons (Fsp3) is 0.292. The minimum atomic E-state index is -0.444. The van der Waals surface area contributed by atoms with Crippen molar-refractivity contribution in [2.24, 2.45) is 0 Å². The molecule has 2 amide bonds. The van der Waals surface area contributed by atoms with Gasteiger partial charge in [-0.3, -0.25) is 15.0 Å². The number of amides is 2. The van der Waals surface area contributed by atoms with E-state index < -0.39 is 11.8 Å². The first kappa shape index (κ1) is 24.6. The molecule has 9 heteroatoms. The van der Waals surface area contributed by atoms with Crippen molar-refractivity contribution >= 4 is 46.2 Å². The van der Waals surface area contributed by atoms with E-state index in [4.69, 9.17) is 26.4 Å². The van der Waals surface area contributed by atoms with E-state index in [-0.39, 0.29) is 10.4 Å². The van der Waals surface area contributed by atoms with Gasteiger partial charge in [-0.05, 0) is 80.5 Å². The predicted octanol–water partition coefficient (Wildman–Crippen LogP) is 4.82. The van der Waals surface area contributed by atoms with Gasteiger partial charge in [-0.2, -0.15) is 5.01 Å². The number of thioether (sulfide) groups is 1. The molecule has 1 aliphatic rings. The third-order valence-corrected chi connectivity index (χ3v) is 6.13. The maximum Gasteiger partial charge on any atom is 0.285 e. The van der Waals surface area contributed by atoms with E-state index in [9.17, 15) is 9.59 Å². The summed E-state index contributed by atoms with van der Waals surface area (Å²) in [6.07, 6.45) is 2.65. The van der Waals surface area contributed by atoms with E-state index >= 15 is 0 Å². The van der Waals surface area contributed by atoms with Crippen LogP contribution in [0.2, 0.25) is 0 Å². The molecule has 0 radical (unpaired) electrons. The molecule has 1 saturated heterocycles. The SMILES string of the molecule is CCOc1cc(/C=C2/SC(=S)N(NC(=O)c3ccc(OC)cc3)C2=O)ccc1O[C@@H](C)CC. The van der Waals surface area contributed by atoms with Crippen molar-refractivity contribution in [3.63, 3.8) is 0 Å². The van der Waals surface area contributed by atoms with Crippen LogP contribution in [0.25, 0.3) is 6.08 Å². The van der Waals surface area contributed by atoms with Crippen molar-refractivity contribution in [2.75, 3.05) is 13.7 Å². The minimum absolute atomic E-state index is 0.0561. The molecule has 33 heavy (non-hydrogen) atoms. The van der Waals surface area contributed by atoms with Crippen LogP contribution in [0.3, 0.4) is 0 Å². The molecule has 1 heterocycles. The lowest BCUT2D eigenvalue weighted by Gasteiger charge is -2.17. The normalized spacial score (nSPS) is 15.5. The largest absolute Gasteiger partial charge is 0.497 e. The maximum atomic E-state index is 12.9. The Kier molecular flexibility index (Phi) is 8.35. The number of carbonyl (C=O) groups is 2. The van der Waals surface area contributed by atoms with Gasteiger partial charge in [-0.25, -0.2) is 0 Å². The molecule has 1 fully saturated rings. The molecule has 1 aliphatic heterocycles. The van der Waals surface area contributed by atoms with Crippen LogP contribution in [-0.2, 0) is 4.79 Å². The average Bonchev–Trinajstić information content (AvgIpc) is 3.08. The topological polar surface area (TPSA) is 77.1 Å². The Bertz CT molecular complexity index is 1070. The number of nitrogens with one attached hydrogen (secondary N) is 1. The Labute approximate surface area is 203 Å². The molecule has 3 rings (SSSR count). The quantitative estimate of drug-likeness (QED) is 0.402. The third-order valence-electron chi connectivity index (χ3n) is 4.83. The standard InChI is InChI=1S/C24H26N2O5S2/c1-5-15(3)31-19-12-7-16(13-20(19)30-6-2)14-21-23(28)26(24(32)33-21)25-22(27)17-8-10-18(29-4)11-9-17/h7-15H,5-6H2,1-4H3,(H,25,27)/b21-14+/t15-/m0/s1. The highest BCUT2D eigenvalue weighted by Crippen LogP contribution is 2.34. The molecule has 1 atom stereocenters. The lowest BCUT2D eigenvalue weighted by Crippen LogP contribution is -2.44. The number of thiocarbonyl (C=S) groups is 1. The molecule has 0 saturated carbocycles. The molecule has 0 spiro atoms. The van der Waals surface area contributed by atoms with Crippen molar-refractivity contribution in [2.45, 2.75) is 33.3 Å². The van der Waals surface area contributed by atoms with Crippen LogP contribution >= 0.6 is 24.0 Å². The molecule has 174 valence electrons. The smallest absolute Gasteiger partial charge is 0.285 e. The zero-order chi connectivity index (χ0) is 24.0. The molecule has 0 aliphatic carbocycles. The first-order chi connectivity index (χ1) is 15.9. The lowest BCUT2D eigenvalue weighted by atomic mass is 10.1. The molecule has 2 aromatic carbocycles. The summed E-state index contributed by atoms with van der Waals surface area (Å²) in [5, 5.41) is 1.09. The van der Waals surface area contributed by atoms with Crippen LogP contribution in [0.1, 0.15) is 43.1 Å². The van der Waals surface area contributed by atoms with Gasteiger partial charge in [0.2, 0.25) is 0 Å². The molecule has 7 nitrogen and oxygen atoms in total. The van der Waals surface area contributed by atoms with E-state index in [0.717, 1.165) is 28.8 Å². The molecule has 0 unspecified atom stereocenters. The van der Waals surface area contributed by atoms with Crippen molar-refractivity contribution in [3.8, 4) is 17.2 Å². The fourth-order valence-corrected chi connectivity index (χ4v) is 4.08. The van der Waals surface area contributed by atoms with E-state index in [1.165, 1.54) is 0 Å². The molecule has 2 aromatic rings. The van der Waals surface area contributed by atoms with Gasteiger partial charge in [0.1, 0.15) is 5.75 Å². The number of hydrazine groups is 1. The lowest BCUT2D eigenvalue weighted by molar-refractivity contribution is -0.123. The van der Waals surface area contributed by atoms with E-state index in [1.807, 2.05) is 32.0 Å². The van der Waals surface area contributed by atoms with Gasteiger partial charge >= 0.3 is 0 Å². The fourth-order valence-electron chi connectivity index (χ4n) is 2.90. The van der Waals surface area contributed by atoms with E-state index in [0.29, 0.717) is 34.3 Å². The van der Waals surface area contributed by atoms with Crippen molar-refractivity contribution in [3.05, 3.63) is 58.5 Å². The molecule has 0 aromatic heterocycles. The molecule has 0 bridgehead atoms. The number of hydrogen-bond acceptors (Lipinski definition) is 7. The van der Waals surface area contributed by atoms with Crippen molar-refractivity contribution in [1.82, 2.24) is 10.4 Å². The first-order valence-electron chi connectivity index (χ1n) is 10.5. The second-order valence-electron chi connectivity index (χ2n) is 7.16. The summed E-state index contributed by atoms with van der Waals surface area (Å²) in [4.78, 5) is 25.9. The van der Waals surface area contributed by atoms with Crippen molar-refractivity contribution in [1.29, 1.82) is 0 Å². The van der Waals surface area contributed by atoms with E-state index in [1.54, 1.807) is 37.5 Å². The minimum Gasteiger partial charge on any atom is -0.497 e. The Balaban J connectivity index is 1.76. The highest BCUT2D eigenvalue weighted by Gasteiger charge is 2.33. The molecule has 1 N–H and O–H groups in total. The third kappa shape index (κ3) is 6.06. The average molecular weight is 487 g/mol. The maximum absolute atomic E-state index is 12.9. The summed E-state index contributed by atoms with van der Waals surface area (Å²) in [7, 11) is 1.55. The van der Waals surface area contributed by atoms with Crippen LogP contribution < -0.4 is 19.6 Å².